The molecule has 2 N–H and O–H groups in total. The van der Waals surface area contributed by atoms with E-state index in [1.54, 1.807) is 37.7 Å². The van der Waals surface area contributed by atoms with E-state index in [0.29, 0.717) is 5.95 Å². The van der Waals surface area contributed by atoms with Crippen molar-refractivity contribution in [3.05, 3.63) is 28.7 Å². The standard InChI is InChI=1S/C11H13N3OS/c1-7(15)10-3-8(6-16-10)9-4-13-11(12-2)14-5-9/h3-7,15H,1-2H3,(H,12,13,14). The fraction of sp³-hybridized carbons (Fsp3) is 0.273. The van der Waals surface area contributed by atoms with Crippen molar-refractivity contribution in [3.63, 3.8) is 0 Å². The quantitative estimate of drug-likeness (QED) is 0.857. The lowest BCUT2D eigenvalue weighted by Gasteiger charge is -2.00. The summed E-state index contributed by atoms with van der Waals surface area (Å²) in [5, 5.41) is 14.3. The van der Waals surface area contributed by atoms with E-state index in [9.17, 15) is 5.11 Å². The molecule has 0 saturated carbocycles. The van der Waals surface area contributed by atoms with Gasteiger partial charge in [-0.1, -0.05) is 0 Å². The summed E-state index contributed by atoms with van der Waals surface area (Å²) in [4.78, 5) is 9.25. The average molecular weight is 235 g/mol. The molecule has 0 bridgehead atoms. The Morgan fingerprint density at radius 3 is 2.50 bits per heavy atom. The second-order valence-electron chi connectivity index (χ2n) is 3.46. The Bertz CT molecular complexity index is 464. The van der Waals surface area contributed by atoms with E-state index in [-0.39, 0.29) is 0 Å². The molecule has 0 amide bonds. The number of hydrogen-bond donors (Lipinski definition) is 2. The lowest BCUT2D eigenvalue weighted by Crippen LogP contribution is -1.94. The molecule has 0 radical (unpaired) electrons. The predicted molar refractivity (Wildman–Crippen MR) is 65.5 cm³/mol. The maximum absolute atomic E-state index is 9.44. The molecule has 84 valence electrons. The van der Waals surface area contributed by atoms with E-state index in [1.165, 1.54) is 0 Å². The first-order valence-electron chi connectivity index (χ1n) is 4.97. The number of aromatic nitrogens is 2. The monoisotopic (exact) mass is 235 g/mol. The highest BCUT2D eigenvalue weighted by atomic mass is 32.1. The highest BCUT2D eigenvalue weighted by Crippen LogP contribution is 2.28. The van der Waals surface area contributed by atoms with E-state index in [0.717, 1.165) is 16.0 Å². The van der Waals surface area contributed by atoms with Crippen molar-refractivity contribution in [1.82, 2.24) is 9.97 Å². The molecule has 0 fully saturated rings. The summed E-state index contributed by atoms with van der Waals surface area (Å²) >= 11 is 1.54. The van der Waals surface area contributed by atoms with Crippen LogP contribution in [0.5, 0.6) is 0 Å². The minimum atomic E-state index is -0.420. The molecule has 1 atom stereocenters. The van der Waals surface area contributed by atoms with Gasteiger partial charge in [0.15, 0.2) is 0 Å². The van der Waals surface area contributed by atoms with Crippen LogP contribution < -0.4 is 5.32 Å². The Morgan fingerprint density at radius 1 is 1.31 bits per heavy atom. The Hall–Kier alpha value is -1.46. The number of hydrogen-bond acceptors (Lipinski definition) is 5. The van der Waals surface area contributed by atoms with Gasteiger partial charge in [0.2, 0.25) is 5.95 Å². The van der Waals surface area contributed by atoms with Crippen LogP contribution in [0.3, 0.4) is 0 Å². The van der Waals surface area contributed by atoms with Crippen molar-refractivity contribution in [2.75, 3.05) is 12.4 Å². The van der Waals surface area contributed by atoms with Crippen LogP contribution in [-0.4, -0.2) is 22.1 Å². The largest absolute Gasteiger partial charge is 0.388 e. The van der Waals surface area contributed by atoms with E-state index < -0.39 is 6.10 Å². The zero-order valence-corrected chi connectivity index (χ0v) is 9.95. The van der Waals surface area contributed by atoms with Gasteiger partial charge >= 0.3 is 0 Å². The molecule has 0 aliphatic carbocycles. The molecule has 5 heteroatoms. The topological polar surface area (TPSA) is 58.0 Å². The molecule has 0 aromatic carbocycles. The molecule has 0 saturated heterocycles. The minimum Gasteiger partial charge on any atom is -0.388 e. The molecular formula is C11H13N3OS. The van der Waals surface area contributed by atoms with Crippen molar-refractivity contribution in [2.24, 2.45) is 0 Å². The molecule has 0 aliphatic rings. The molecular weight excluding hydrogens is 222 g/mol. The van der Waals surface area contributed by atoms with Crippen molar-refractivity contribution in [3.8, 4) is 11.1 Å². The zero-order valence-electron chi connectivity index (χ0n) is 9.14. The maximum atomic E-state index is 9.44. The Kier molecular flexibility index (Phi) is 3.17. The average Bonchev–Trinajstić information content (AvgIpc) is 2.78. The molecule has 16 heavy (non-hydrogen) atoms. The van der Waals surface area contributed by atoms with Crippen molar-refractivity contribution < 1.29 is 5.11 Å². The fourth-order valence-corrected chi connectivity index (χ4v) is 2.19. The third-order valence-corrected chi connectivity index (χ3v) is 3.34. The first-order valence-corrected chi connectivity index (χ1v) is 5.85. The van der Waals surface area contributed by atoms with Crippen molar-refractivity contribution >= 4 is 17.3 Å². The van der Waals surface area contributed by atoms with Crippen molar-refractivity contribution in [2.45, 2.75) is 13.0 Å². The SMILES string of the molecule is CNc1ncc(-c2csc(C(C)O)c2)cn1. The summed E-state index contributed by atoms with van der Waals surface area (Å²) in [6.07, 6.45) is 3.12. The molecule has 2 rings (SSSR count). The van der Waals surface area contributed by atoms with Crippen LogP contribution in [0.2, 0.25) is 0 Å². The molecule has 2 heterocycles. The van der Waals surface area contributed by atoms with Crippen LogP contribution >= 0.6 is 11.3 Å². The third kappa shape index (κ3) is 2.20. The summed E-state index contributed by atoms with van der Waals surface area (Å²) < 4.78 is 0. The van der Waals surface area contributed by atoms with Crippen molar-refractivity contribution in [1.29, 1.82) is 0 Å². The van der Waals surface area contributed by atoms with Crippen LogP contribution in [0.1, 0.15) is 17.9 Å². The lowest BCUT2D eigenvalue weighted by atomic mass is 10.1. The van der Waals surface area contributed by atoms with Gasteiger partial charge in [0.1, 0.15) is 0 Å². The maximum Gasteiger partial charge on any atom is 0.222 e. The normalized spacial score (nSPS) is 12.4. The first kappa shape index (κ1) is 11.0. The number of nitrogens with one attached hydrogen (secondary N) is 1. The molecule has 2 aromatic heterocycles. The van der Waals surface area contributed by atoms with Gasteiger partial charge in [0, 0.05) is 29.9 Å². The molecule has 1 unspecified atom stereocenters. The number of aliphatic hydroxyl groups is 1. The fourth-order valence-electron chi connectivity index (χ4n) is 1.33. The number of anilines is 1. The van der Waals surface area contributed by atoms with Crippen LogP contribution in [0.15, 0.2) is 23.8 Å². The van der Waals surface area contributed by atoms with Gasteiger partial charge < -0.3 is 10.4 Å². The van der Waals surface area contributed by atoms with Crippen LogP contribution in [-0.2, 0) is 0 Å². The molecule has 0 spiro atoms. The molecule has 0 aliphatic heterocycles. The predicted octanol–water partition coefficient (Wildman–Crippen LogP) is 2.30. The van der Waals surface area contributed by atoms with Gasteiger partial charge in [-0.3, -0.25) is 0 Å². The van der Waals surface area contributed by atoms with Crippen LogP contribution in [0.25, 0.3) is 11.1 Å². The van der Waals surface area contributed by atoms with E-state index in [1.807, 2.05) is 11.4 Å². The summed E-state index contributed by atoms with van der Waals surface area (Å²) in [7, 11) is 1.78. The van der Waals surface area contributed by atoms with E-state index in [4.69, 9.17) is 0 Å². The third-order valence-electron chi connectivity index (χ3n) is 2.24. The Labute approximate surface area is 98.0 Å². The van der Waals surface area contributed by atoms with Gasteiger partial charge in [-0.15, -0.1) is 11.3 Å². The summed E-state index contributed by atoms with van der Waals surface area (Å²) in [5.41, 5.74) is 2.01. The second-order valence-corrected chi connectivity index (χ2v) is 4.40. The highest BCUT2D eigenvalue weighted by molar-refractivity contribution is 7.10. The summed E-state index contributed by atoms with van der Waals surface area (Å²) in [6, 6.07) is 1.97. The van der Waals surface area contributed by atoms with Gasteiger partial charge in [-0.05, 0) is 23.9 Å². The van der Waals surface area contributed by atoms with Gasteiger partial charge in [0.25, 0.3) is 0 Å². The Balaban J connectivity index is 2.28. The van der Waals surface area contributed by atoms with E-state index in [2.05, 4.69) is 15.3 Å². The lowest BCUT2D eigenvalue weighted by molar-refractivity contribution is 0.203. The zero-order chi connectivity index (χ0) is 11.5. The Morgan fingerprint density at radius 2 is 2.00 bits per heavy atom. The summed E-state index contributed by atoms with van der Waals surface area (Å²) in [6.45, 7) is 1.76. The summed E-state index contributed by atoms with van der Waals surface area (Å²) in [5.74, 6) is 0.606. The van der Waals surface area contributed by atoms with Gasteiger partial charge in [-0.25, -0.2) is 9.97 Å². The van der Waals surface area contributed by atoms with Crippen LogP contribution in [0.4, 0.5) is 5.95 Å². The second kappa shape index (κ2) is 4.59. The number of rotatable bonds is 3. The number of nitrogens with zero attached hydrogens (tertiary/aromatic N) is 2. The van der Waals surface area contributed by atoms with E-state index >= 15 is 0 Å². The van der Waals surface area contributed by atoms with Gasteiger partial charge in [-0.2, -0.15) is 0 Å². The molecule has 2 aromatic rings. The highest BCUT2D eigenvalue weighted by Gasteiger charge is 2.07. The molecule has 4 nitrogen and oxygen atoms in total. The smallest absolute Gasteiger partial charge is 0.222 e. The number of aliphatic hydroxyl groups excluding tert-OH is 1. The minimum absolute atomic E-state index is 0.420. The van der Waals surface area contributed by atoms with Crippen LogP contribution in [0, 0.1) is 0 Å². The first-order chi connectivity index (χ1) is 7.70. The number of thiophene rings is 1. The van der Waals surface area contributed by atoms with Gasteiger partial charge in [0.05, 0.1) is 6.10 Å².